The van der Waals surface area contributed by atoms with Crippen LogP contribution in [0.3, 0.4) is 0 Å². The summed E-state index contributed by atoms with van der Waals surface area (Å²) < 4.78 is 0. The SMILES string of the molecule is CCN(CC(=O)N(C)C)C(=O)[C@@H](N)CCc1ccccc1. The molecule has 2 N–H and O–H groups in total. The van der Waals surface area contributed by atoms with Crippen LogP contribution in [0.1, 0.15) is 18.9 Å². The van der Waals surface area contributed by atoms with Gasteiger partial charge in [0.15, 0.2) is 0 Å². The molecule has 0 radical (unpaired) electrons. The molecule has 21 heavy (non-hydrogen) atoms. The number of rotatable bonds is 7. The van der Waals surface area contributed by atoms with E-state index in [1.165, 1.54) is 9.80 Å². The second-order valence-corrected chi connectivity index (χ2v) is 5.27. The molecule has 1 aromatic rings. The van der Waals surface area contributed by atoms with Gasteiger partial charge in [0.1, 0.15) is 0 Å². The molecule has 0 aromatic heterocycles. The van der Waals surface area contributed by atoms with Crippen molar-refractivity contribution in [1.29, 1.82) is 0 Å². The Bertz CT molecular complexity index is 460. The highest BCUT2D eigenvalue weighted by Crippen LogP contribution is 2.06. The van der Waals surface area contributed by atoms with E-state index in [0.29, 0.717) is 13.0 Å². The van der Waals surface area contributed by atoms with Gasteiger partial charge in [0, 0.05) is 20.6 Å². The molecule has 0 aliphatic heterocycles. The van der Waals surface area contributed by atoms with Gasteiger partial charge in [-0.2, -0.15) is 0 Å². The number of likely N-dealkylation sites (N-methyl/N-ethyl adjacent to an activating group) is 2. The molecule has 0 unspecified atom stereocenters. The van der Waals surface area contributed by atoms with Gasteiger partial charge in [-0.15, -0.1) is 0 Å². The minimum atomic E-state index is -0.569. The smallest absolute Gasteiger partial charge is 0.241 e. The van der Waals surface area contributed by atoms with E-state index in [1.807, 2.05) is 37.3 Å². The lowest BCUT2D eigenvalue weighted by Gasteiger charge is -2.25. The lowest BCUT2D eigenvalue weighted by molar-refractivity contribution is -0.139. The highest BCUT2D eigenvalue weighted by molar-refractivity contribution is 5.87. The standard InChI is InChI=1S/C16H25N3O2/c1-4-19(12-15(20)18(2)3)16(21)14(17)11-10-13-8-6-5-7-9-13/h5-9,14H,4,10-12,17H2,1-3H3/t14-/m0/s1. The highest BCUT2D eigenvalue weighted by atomic mass is 16.2. The zero-order valence-electron chi connectivity index (χ0n) is 13.1. The molecular formula is C16H25N3O2. The van der Waals surface area contributed by atoms with E-state index in [2.05, 4.69) is 0 Å². The maximum atomic E-state index is 12.3. The molecule has 0 aliphatic rings. The third-order valence-electron chi connectivity index (χ3n) is 3.42. The molecule has 1 rings (SSSR count). The average Bonchev–Trinajstić information content (AvgIpc) is 2.50. The highest BCUT2D eigenvalue weighted by Gasteiger charge is 2.22. The van der Waals surface area contributed by atoms with Gasteiger partial charge in [-0.3, -0.25) is 9.59 Å². The third kappa shape index (κ3) is 5.55. The quantitative estimate of drug-likeness (QED) is 0.811. The Morgan fingerprint density at radius 2 is 1.81 bits per heavy atom. The summed E-state index contributed by atoms with van der Waals surface area (Å²) in [6, 6.07) is 9.36. The van der Waals surface area contributed by atoms with Gasteiger partial charge in [0.25, 0.3) is 0 Å². The fourth-order valence-corrected chi connectivity index (χ4v) is 1.98. The zero-order valence-corrected chi connectivity index (χ0v) is 13.1. The monoisotopic (exact) mass is 291 g/mol. The van der Waals surface area contributed by atoms with Crippen molar-refractivity contribution in [1.82, 2.24) is 9.80 Å². The minimum absolute atomic E-state index is 0.0847. The predicted octanol–water partition coefficient (Wildman–Crippen LogP) is 0.883. The van der Waals surface area contributed by atoms with E-state index in [-0.39, 0.29) is 18.4 Å². The van der Waals surface area contributed by atoms with Crippen LogP contribution in [0.2, 0.25) is 0 Å². The van der Waals surface area contributed by atoms with Gasteiger partial charge in [0.05, 0.1) is 12.6 Å². The molecule has 5 nitrogen and oxygen atoms in total. The van der Waals surface area contributed by atoms with Crippen LogP contribution in [0.25, 0.3) is 0 Å². The number of benzene rings is 1. The van der Waals surface area contributed by atoms with Crippen LogP contribution >= 0.6 is 0 Å². The van der Waals surface area contributed by atoms with Crippen molar-refractivity contribution in [3.05, 3.63) is 35.9 Å². The fourth-order valence-electron chi connectivity index (χ4n) is 1.98. The van der Waals surface area contributed by atoms with Gasteiger partial charge in [-0.1, -0.05) is 30.3 Å². The number of nitrogens with zero attached hydrogens (tertiary/aromatic N) is 2. The van der Waals surface area contributed by atoms with E-state index in [9.17, 15) is 9.59 Å². The second-order valence-electron chi connectivity index (χ2n) is 5.27. The molecule has 0 spiro atoms. The summed E-state index contributed by atoms with van der Waals surface area (Å²) in [6.45, 7) is 2.42. The summed E-state index contributed by atoms with van der Waals surface area (Å²) in [4.78, 5) is 27.0. The molecule has 1 atom stereocenters. The van der Waals surface area contributed by atoms with Crippen LogP contribution in [0, 0.1) is 0 Å². The van der Waals surface area contributed by atoms with Gasteiger partial charge in [0.2, 0.25) is 11.8 Å². The van der Waals surface area contributed by atoms with E-state index < -0.39 is 6.04 Å². The summed E-state index contributed by atoms with van der Waals surface area (Å²) in [5.74, 6) is -0.260. The molecule has 2 amide bonds. The average molecular weight is 291 g/mol. The second kappa shape index (κ2) is 8.42. The maximum absolute atomic E-state index is 12.3. The van der Waals surface area contributed by atoms with Crippen molar-refractivity contribution in [2.45, 2.75) is 25.8 Å². The van der Waals surface area contributed by atoms with Crippen LogP contribution in [-0.4, -0.2) is 54.8 Å². The maximum Gasteiger partial charge on any atom is 0.241 e. The number of amides is 2. The van der Waals surface area contributed by atoms with Crippen molar-refractivity contribution in [3.8, 4) is 0 Å². The fraction of sp³-hybridized carbons (Fsp3) is 0.500. The molecule has 0 saturated heterocycles. The van der Waals surface area contributed by atoms with Crippen molar-refractivity contribution in [2.75, 3.05) is 27.2 Å². The van der Waals surface area contributed by atoms with Gasteiger partial charge < -0.3 is 15.5 Å². The number of hydrogen-bond donors (Lipinski definition) is 1. The summed E-state index contributed by atoms with van der Waals surface area (Å²) in [5, 5.41) is 0. The van der Waals surface area contributed by atoms with Crippen molar-refractivity contribution in [3.63, 3.8) is 0 Å². The molecule has 0 fully saturated rings. The van der Waals surface area contributed by atoms with Crippen molar-refractivity contribution < 1.29 is 9.59 Å². The molecular weight excluding hydrogens is 266 g/mol. The lowest BCUT2D eigenvalue weighted by atomic mass is 10.0. The molecule has 5 heteroatoms. The summed E-state index contributed by atoms with van der Waals surface area (Å²) in [6.07, 6.45) is 1.34. The Balaban J connectivity index is 2.53. The normalized spacial score (nSPS) is 11.8. The van der Waals surface area contributed by atoms with E-state index in [0.717, 1.165) is 12.0 Å². The van der Waals surface area contributed by atoms with Gasteiger partial charge in [-0.25, -0.2) is 0 Å². The van der Waals surface area contributed by atoms with Crippen molar-refractivity contribution >= 4 is 11.8 Å². The Kier molecular flexibility index (Phi) is 6.88. The Labute approximate surface area is 126 Å². The minimum Gasteiger partial charge on any atom is -0.347 e. The number of hydrogen-bond acceptors (Lipinski definition) is 3. The predicted molar refractivity (Wildman–Crippen MR) is 83.7 cm³/mol. The van der Waals surface area contributed by atoms with Gasteiger partial charge >= 0.3 is 0 Å². The number of carbonyl (C=O) groups excluding carboxylic acids is 2. The number of aryl methyl sites for hydroxylation is 1. The molecule has 116 valence electrons. The first-order valence-corrected chi connectivity index (χ1v) is 7.24. The van der Waals surface area contributed by atoms with Crippen LogP contribution in [0.5, 0.6) is 0 Å². The van der Waals surface area contributed by atoms with Crippen LogP contribution in [0.15, 0.2) is 30.3 Å². The molecule has 0 bridgehead atoms. The first-order valence-electron chi connectivity index (χ1n) is 7.24. The largest absolute Gasteiger partial charge is 0.347 e. The topological polar surface area (TPSA) is 66.6 Å². The van der Waals surface area contributed by atoms with E-state index in [1.54, 1.807) is 14.1 Å². The third-order valence-corrected chi connectivity index (χ3v) is 3.42. The molecule has 0 aliphatic carbocycles. The van der Waals surface area contributed by atoms with Crippen LogP contribution < -0.4 is 5.73 Å². The number of carbonyl (C=O) groups is 2. The van der Waals surface area contributed by atoms with Gasteiger partial charge in [-0.05, 0) is 25.3 Å². The lowest BCUT2D eigenvalue weighted by Crippen LogP contribution is -2.47. The Hall–Kier alpha value is -1.88. The summed E-state index contributed by atoms with van der Waals surface area (Å²) >= 11 is 0. The first-order chi connectivity index (χ1) is 9.95. The molecule has 0 saturated carbocycles. The Morgan fingerprint density at radius 1 is 1.19 bits per heavy atom. The summed E-state index contributed by atoms with van der Waals surface area (Å²) in [7, 11) is 3.35. The van der Waals surface area contributed by atoms with E-state index in [4.69, 9.17) is 5.73 Å². The summed E-state index contributed by atoms with van der Waals surface area (Å²) in [5.41, 5.74) is 7.14. The van der Waals surface area contributed by atoms with Crippen LogP contribution in [0.4, 0.5) is 0 Å². The molecule has 0 heterocycles. The Morgan fingerprint density at radius 3 is 2.33 bits per heavy atom. The van der Waals surface area contributed by atoms with E-state index >= 15 is 0 Å². The number of nitrogens with two attached hydrogens (primary N) is 1. The first kappa shape index (κ1) is 17.2. The zero-order chi connectivity index (χ0) is 15.8. The van der Waals surface area contributed by atoms with Crippen LogP contribution in [-0.2, 0) is 16.0 Å². The molecule has 1 aromatic carbocycles. The van der Waals surface area contributed by atoms with Crippen molar-refractivity contribution in [2.24, 2.45) is 5.73 Å².